The Hall–Kier alpha value is -0.810. The monoisotopic (exact) mass is 138 g/mol. The molecule has 0 aliphatic heterocycles. The fourth-order valence-corrected chi connectivity index (χ4v) is 0.622. The maximum atomic E-state index is 11.0. The Labute approximate surface area is 62.4 Å². The van der Waals surface area contributed by atoms with Gasteiger partial charge in [0, 0.05) is 12.0 Å². The van der Waals surface area contributed by atoms with Crippen molar-refractivity contribution in [1.29, 1.82) is 0 Å². The normalized spacial score (nSPS) is 9.20. The second kappa shape index (κ2) is 4.08. The van der Waals surface area contributed by atoms with Gasteiger partial charge < -0.3 is 0 Å². The highest BCUT2D eigenvalue weighted by molar-refractivity contribution is 5.94. The molecule has 0 atom stereocenters. The second-order valence-corrected chi connectivity index (χ2v) is 2.82. The zero-order valence-electron chi connectivity index (χ0n) is 6.90. The minimum Gasteiger partial charge on any atom is -0.294 e. The van der Waals surface area contributed by atoms with Crippen LogP contribution >= 0.6 is 0 Å². The summed E-state index contributed by atoms with van der Waals surface area (Å²) >= 11 is 0. The predicted molar refractivity (Wildman–Crippen MR) is 42.8 cm³/mol. The van der Waals surface area contributed by atoms with Crippen LogP contribution in [-0.4, -0.2) is 5.78 Å². The minimum absolute atomic E-state index is 0.157. The van der Waals surface area contributed by atoms with Gasteiger partial charge in [-0.15, -0.1) is 5.73 Å². The first-order valence-electron chi connectivity index (χ1n) is 3.47. The number of carbonyl (C=O) groups excluding carboxylic acids is 1. The van der Waals surface area contributed by atoms with Gasteiger partial charge in [-0.25, -0.2) is 0 Å². The first-order chi connectivity index (χ1) is 4.57. The van der Waals surface area contributed by atoms with Crippen molar-refractivity contribution in [2.45, 2.75) is 27.2 Å². The van der Waals surface area contributed by atoms with Crippen LogP contribution < -0.4 is 0 Å². The highest BCUT2D eigenvalue weighted by atomic mass is 16.1. The molecule has 10 heavy (non-hydrogen) atoms. The van der Waals surface area contributed by atoms with Gasteiger partial charge in [-0.3, -0.25) is 4.79 Å². The molecule has 0 radical (unpaired) electrons. The predicted octanol–water partition coefficient (Wildman–Crippen LogP) is 2.33. The Bertz CT molecular complexity index is 171. The van der Waals surface area contributed by atoms with Crippen molar-refractivity contribution in [3.63, 3.8) is 0 Å². The van der Waals surface area contributed by atoms with Gasteiger partial charge in [0.1, 0.15) is 0 Å². The summed E-state index contributed by atoms with van der Waals surface area (Å²) in [7, 11) is 0. The lowest BCUT2D eigenvalue weighted by atomic mass is 10.0. The van der Waals surface area contributed by atoms with Crippen molar-refractivity contribution in [1.82, 2.24) is 0 Å². The minimum atomic E-state index is 0.157. The van der Waals surface area contributed by atoms with Crippen LogP contribution in [0.1, 0.15) is 27.2 Å². The molecule has 0 heterocycles. The average molecular weight is 138 g/mol. The van der Waals surface area contributed by atoms with Crippen LogP contribution in [0.2, 0.25) is 0 Å². The van der Waals surface area contributed by atoms with Crippen LogP contribution in [0, 0.1) is 5.92 Å². The summed E-state index contributed by atoms with van der Waals surface area (Å²) < 4.78 is 0. The smallest absolute Gasteiger partial charge is 0.166 e. The molecule has 0 aromatic heterocycles. The summed E-state index contributed by atoms with van der Waals surface area (Å²) in [5, 5.41) is 0. The van der Waals surface area contributed by atoms with Gasteiger partial charge in [-0.05, 0) is 12.8 Å². The third-order valence-electron chi connectivity index (χ3n) is 1.28. The van der Waals surface area contributed by atoms with Crippen molar-refractivity contribution in [3.8, 4) is 0 Å². The van der Waals surface area contributed by atoms with E-state index in [4.69, 9.17) is 0 Å². The molecule has 0 rings (SSSR count). The molecule has 0 N–H and O–H groups in total. The lowest BCUT2D eigenvalue weighted by Crippen LogP contribution is -2.02. The Morgan fingerprint density at radius 3 is 2.40 bits per heavy atom. The summed E-state index contributed by atoms with van der Waals surface area (Å²) in [6, 6.07) is 0. The van der Waals surface area contributed by atoms with Crippen LogP contribution in [0.25, 0.3) is 0 Å². The van der Waals surface area contributed by atoms with E-state index in [1.165, 1.54) is 0 Å². The number of hydrogen-bond acceptors (Lipinski definition) is 1. The maximum absolute atomic E-state index is 11.0. The zero-order chi connectivity index (χ0) is 8.15. The fraction of sp³-hybridized carbons (Fsp3) is 0.556. The Morgan fingerprint density at radius 1 is 1.60 bits per heavy atom. The van der Waals surface area contributed by atoms with Gasteiger partial charge in [-0.2, -0.15) is 0 Å². The van der Waals surface area contributed by atoms with E-state index in [0.717, 1.165) is 0 Å². The molecule has 0 fully saturated rings. The third-order valence-corrected chi connectivity index (χ3v) is 1.28. The van der Waals surface area contributed by atoms with Crippen molar-refractivity contribution in [3.05, 3.63) is 17.9 Å². The van der Waals surface area contributed by atoms with Crippen LogP contribution in [0.3, 0.4) is 0 Å². The van der Waals surface area contributed by atoms with E-state index in [0.29, 0.717) is 17.9 Å². The van der Waals surface area contributed by atoms with E-state index in [1.807, 2.05) is 13.8 Å². The number of ketones is 1. The highest BCUT2D eigenvalue weighted by Gasteiger charge is 2.05. The molecule has 0 aromatic rings. The highest BCUT2D eigenvalue weighted by Crippen LogP contribution is 2.04. The van der Waals surface area contributed by atoms with E-state index < -0.39 is 0 Å². The molecule has 0 saturated carbocycles. The molecule has 0 aliphatic rings. The van der Waals surface area contributed by atoms with Crippen molar-refractivity contribution in [2.75, 3.05) is 0 Å². The zero-order valence-corrected chi connectivity index (χ0v) is 6.90. The maximum Gasteiger partial charge on any atom is 0.166 e. The summed E-state index contributed by atoms with van der Waals surface area (Å²) in [6.45, 7) is 9.20. The molecule has 0 unspecified atom stereocenters. The van der Waals surface area contributed by atoms with E-state index in [-0.39, 0.29) is 5.78 Å². The van der Waals surface area contributed by atoms with E-state index in [1.54, 1.807) is 6.92 Å². The number of Topliss-reactive ketones (excluding diaryl/α,β-unsaturated/α-hetero) is 1. The van der Waals surface area contributed by atoms with Crippen molar-refractivity contribution < 1.29 is 4.79 Å². The topological polar surface area (TPSA) is 17.1 Å². The van der Waals surface area contributed by atoms with Gasteiger partial charge in [0.05, 0.1) is 0 Å². The standard InChI is InChI=1S/C9H14O/c1-5-8(4)9(10)6-7(2)3/h7H,1,6H2,2-4H3. The first kappa shape index (κ1) is 9.19. The molecule has 56 valence electrons. The molecule has 0 aromatic carbocycles. The molecular formula is C9H14O. The van der Waals surface area contributed by atoms with E-state index >= 15 is 0 Å². The molecule has 1 nitrogen and oxygen atoms in total. The fourth-order valence-electron chi connectivity index (χ4n) is 0.622. The summed E-state index contributed by atoms with van der Waals surface area (Å²) in [4.78, 5) is 11.0. The largest absolute Gasteiger partial charge is 0.294 e. The SMILES string of the molecule is C=C=C(C)C(=O)CC(C)C. The summed E-state index contributed by atoms with van der Waals surface area (Å²) in [5.41, 5.74) is 3.23. The molecule has 0 saturated heterocycles. The van der Waals surface area contributed by atoms with E-state index in [9.17, 15) is 4.79 Å². The van der Waals surface area contributed by atoms with Gasteiger partial charge in [-0.1, -0.05) is 20.4 Å². The molecule has 0 spiro atoms. The van der Waals surface area contributed by atoms with Gasteiger partial charge in [0.25, 0.3) is 0 Å². The summed E-state index contributed by atoms with van der Waals surface area (Å²) in [5.74, 6) is 0.584. The van der Waals surface area contributed by atoms with Gasteiger partial charge in [0.2, 0.25) is 0 Å². The number of rotatable bonds is 3. The van der Waals surface area contributed by atoms with E-state index in [2.05, 4.69) is 12.3 Å². The van der Waals surface area contributed by atoms with Crippen molar-refractivity contribution >= 4 is 5.78 Å². The number of hydrogen-bond donors (Lipinski definition) is 0. The number of allylic oxidation sites excluding steroid dienone is 1. The molecular weight excluding hydrogens is 124 g/mol. The lowest BCUT2D eigenvalue weighted by molar-refractivity contribution is -0.116. The Morgan fingerprint density at radius 2 is 2.10 bits per heavy atom. The Balaban J connectivity index is 3.99. The van der Waals surface area contributed by atoms with Gasteiger partial charge >= 0.3 is 0 Å². The third kappa shape index (κ3) is 3.26. The summed E-state index contributed by atoms with van der Waals surface area (Å²) in [6.07, 6.45) is 0.606. The average Bonchev–Trinajstić information content (AvgIpc) is 1.85. The van der Waals surface area contributed by atoms with Crippen LogP contribution in [0.5, 0.6) is 0 Å². The molecule has 0 aliphatic carbocycles. The molecule has 0 bridgehead atoms. The quantitative estimate of drug-likeness (QED) is 0.432. The van der Waals surface area contributed by atoms with Gasteiger partial charge in [0.15, 0.2) is 5.78 Å². The molecule has 0 amide bonds. The van der Waals surface area contributed by atoms with Crippen LogP contribution in [0.4, 0.5) is 0 Å². The lowest BCUT2D eigenvalue weighted by Gasteiger charge is -2.00. The van der Waals surface area contributed by atoms with Crippen LogP contribution in [-0.2, 0) is 4.79 Å². The van der Waals surface area contributed by atoms with Crippen molar-refractivity contribution in [2.24, 2.45) is 5.92 Å². The number of carbonyl (C=O) groups is 1. The molecule has 1 heteroatoms. The Kier molecular flexibility index (Phi) is 3.75. The van der Waals surface area contributed by atoms with Crippen LogP contribution in [0.15, 0.2) is 17.9 Å². The second-order valence-electron chi connectivity index (χ2n) is 2.82. The first-order valence-corrected chi connectivity index (χ1v) is 3.47.